The Morgan fingerprint density at radius 3 is 2.96 bits per heavy atom. The van der Waals surface area contributed by atoms with Gasteiger partial charge in [0.05, 0.1) is 11.2 Å². The predicted octanol–water partition coefficient (Wildman–Crippen LogP) is 2.83. The van der Waals surface area contributed by atoms with E-state index in [1.165, 1.54) is 6.33 Å². The summed E-state index contributed by atoms with van der Waals surface area (Å²) in [5, 5.41) is 11.7. The zero-order valence-corrected chi connectivity index (χ0v) is 14.7. The summed E-state index contributed by atoms with van der Waals surface area (Å²) >= 11 is 0. The van der Waals surface area contributed by atoms with E-state index in [0.717, 1.165) is 38.8 Å². The number of carbonyl (C=O) groups excluding carboxylic acids is 1. The van der Waals surface area contributed by atoms with Gasteiger partial charge in [-0.2, -0.15) is 5.10 Å². The van der Waals surface area contributed by atoms with Gasteiger partial charge >= 0.3 is 0 Å². The number of H-pyrrole nitrogens is 2. The Kier molecular flexibility index (Phi) is 3.79. The molecule has 0 saturated heterocycles. The minimum atomic E-state index is -0.238. The Labute approximate surface area is 159 Å². The van der Waals surface area contributed by atoms with Crippen molar-refractivity contribution < 1.29 is 4.79 Å². The lowest BCUT2D eigenvalue weighted by atomic mass is 10.1. The van der Waals surface area contributed by atoms with E-state index < -0.39 is 0 Å². The highest BCUT2D eigenvalue weighted by atomic mass is 16.1. The number of aromatic nitrogens is 6. The third kappa shape index (κ3) is 2.77. The van der Waals surface area contributed by atoms with E-state index in [1.807, 2.05) is 42.6 Å². The van der Waals surface area contributed by atoms with Crippen molar-refractivity contribution in [3.63, 3.8) is 0 Å². The molecule has 1 aromatic carbocycles. The molecule has 136 valence electrons. The predicted molar refractivity (Wildman–Crippen MR) is 104 cm³/mol. The van der Waals surface area contributed by atoms with Gasteiger partial charge in [0.2, 0.25) is 0 Å². The number of fused-ring (bicyclic) bond motifs is 2. The molecule has 4 heterocycles. The van der Waals surface area contributed by atoms with E-state index in [9.17, 15) is 4.79 Å². The number of pyridine rings is 1. The average Bonchev–Trinajstić information content (AvgIpc) is 3.39. The van der Waals surface area contributed by atoms with Crippen LogP contribution in [0.5, 0.6) is 0 Å². The molecule has 0 saturated carbocycles. The average molecular weight is 369 g/mol. The number of nitrogens with zero attached hydrogens (tertiary/aromatic N) is 4. The number of rotatable bonds is 4. The van der Waals surface area contributed by atoms with E-state index in [4.69, 9.17) is 0 Å². The molecular weight excluding hydrogens is 354 g/mol. The van der Waals surface area contributed by atoms with Crippen LogP contribution >= 0.6 is 0 Å². The lowest BCUT2D eigenvalue weighted by Gasteiger charge is -2.04. The largest absolute Gasteiger partial charge is 0.346 e. The summed E-state index contributed by atoms with van der Waals surface area (Å²) in [6.07, 6.45) is 6.78. The number of hydrogen-bond acceptors (Lipinski definition) is 5. The molecule has 5 aromatic rings. The molecule has 0 bridgehead atoms. The number of nitrogens with one attached hydrogen (secondary N) is 3. The Balaban J connectivity index is 1.45. The van der Waals surface area contributed by atoms with Crippen LogP contribution in [0, 0.1) is 0 Å². The van der Waals surface area contributed by atoms with E-state index in [0.29, 0.717) is 12.2 Å². The van der Waals surface area contributed by atoms with Gasteiger partial charge in [-0.15, -0.1) is 0 Å². The van der Waals surface area contributed by atoms with Gasteiger partial charge in [0, 0.05) is 41.5 Å². The third-order valence-electron chi connectivity index (χ3n) is 4.58. The minimum absolute atomic E-state index is 0.238. The molecule has 28 heavy (non-hydrogen) atoms. The van der Waals surface area contributed by atoms with E-state index in [-0.39, 0.29) is 5.91 Å². The first-order valence-electron chi connectivity index (χ1n) is 8.73. The molecule has 0 fully saturated rings. The lowest BCUT2D eigenvalue weighted by molar-refractivity contribution is 0.0947. The number of amides is 1. The summed E-state index contributed by atoms with van der Waals surface area (Å²) in [5.74, 6) is -0.238. The van der Waals surface area contributed by atoms with Gasteiger partial charge in [0.1, 0.15) is 12.0 Å². The first kappa shape index (κ1) is 16.1. The Morgan fingerprint density at radius 2 is 2.07 bits per heavy atom. The summed E-state index contributed by atoms with van der Waals surface area (Å²) < 4.78 is 0. The van der Waals surface area contributed by atoms with Crippen LogP contribution < -0.4 is 5.32 Å². The molecule has 8 heteroatoms. The van der Waals surface area contributed by atoms with Gasteiger partial charge in [0.15, 0.2) is 5.69 Å². The zero-order valence-electron chi connectivity index (χ0n) is 14.7. The molecular formula is C20H15N7O. The van der Waals surface area contributed by atoms with Crippen LogP contribution in [-0.4, -0.2) is 36.0 Å². The van der Waals surface area contributed by atoms with Crippen molar-refractivity contribution in [3.05, 3.63) is 72.6 Å². The highest BCUT2D eigenvalue weighted by Crippen LogP contribution is 2.28. The summed E-state index contributed by atoms with van der Waals surface area (Å²) in [7, 11) is 0. The topological polar surface area (TPSA) is 112 Å². The fraction of sp³-hybridized carbons (Fsp3) is 0.0500. The van der Waals surface area contributed by atoms with Crippen molar-refractivity contribution >= 4 is 27.8 Å². The second-order valence-corrected chi connectivity index (χ2v) is 6.34. The smallest absolute Gasteiger partial charge is 0.272 e. The van der Waals surface area contributed by atoms with Gasteiger partial charge in [-0.05, 0) is 29.8 Å². The van der Waals surface area contributed by atoms with Crippen molar-refractivity contribution in [2.75, 3.05) is 0 Å². The number of benzene rings is 1. The molecule has 0 aliphatic heterocycles. The van der Waals surface area contributed by atoms with Gasteiger partial charge in [-0.1, -0.05) is 12.1 Å². The standard InChI is InChI=1S/C20H15N7O/c28-20(23-10-12-2-1-6-21-9-12)18-14-4-3-13(8-16(14)26-27-18)17-15-5-7-22-19(15)25-11-24-17/h1-9,11H,10H2,(H,23,28)(H,26,27)(H,22,24,25). The highest BCUT2D eigenvalue weighted by molar-refractivity contribution is 6.05. The molecule has 0 unspecified atom stereocenters. The maximum Gasteiger partial charge on any atom is 0.272 e. The van der Waals surface area contributed by atoms with Crippen LogP contribution in [0.25, 0.3) is 33.2 Å². The van der Waals surface area contributed by atoms with Crippen molar-refractivity contribution in [1.29, 1.82) is 0 Å². The summed E-state index contributed by atoms with van der Waals surface area (Å²) in [5.41, 5.74) is 4.59. The number of carbonyl (C=O) groups is 1. The van der Waals surface area contributed by atoms with Crippen molar-refractivity contribution in [3.8, 4) is 11.3 Å². The van der Waals surface area contributed by atoms with Crippen LogP contribution in [0.2, 0.25) is 0 Å². The first-order valence-corrected chi connectivity index (χ1v) is 8.73. The van der Waals surface area contributed by atoms with Crippen LogP contribution in [0.1, 0.15) is 16.1 Å². The molecule has 4 aromatic heterocycles. The van der Waals surface area contributed by atoms with Crippen LogP contribution in [0.3, 0.4) is 0 Å². The Hall–Kier alpha value is -4.07. The molecule has 0 aliphatic rings. The Morgan fingerprint density at radius 1 is 1.11 bits per heavy atom. The highest BCUT2D eigenvalue weighted by Gasteiger charge is 2.15. The molecule has 0 aliphatic carbocycles. The molecule has 8 nitrogen and oxygen atoms in total. The van der Waals surface area contributed by atoms with Crippen molar-refractivity contribution in [2.24, 2.45) is 0 Å². The fourth-order valence-corrected chi connectivity index (χ4v) is 3.21. The second kappa shape index (κ2) is 6.58. The molecule has 0 spiro atoms. The maximum absolute atomic E-state index is 12.5. The van der Waals surface area contributed by atoms with Crippen molar-refractivity contribution in [2.45, 2.75) is 6.54 Å². The molecule has 3 N–H and O–H groups in total. The quantitative estimate of drug-likeness (QED) is 0.451. The summed E-state index contributed by atoms with van der Waals surface area (Å²) in [4.78, 5) is 28.3. The lowest BCUT2D eigenvalue weighted by Crippen LogP contribution is -2.23. The summed E-state index contributed by atoms with van der Waals surface area (Å²) in [6, 6.07) is 11.4. The first-order chi connectivity index (χ1) is 13.8. The number of hydrogen-bond donors (Lipinski definition) is 3. The minimum Gasteiger partial charge on any atom is -0.346 e. The summed E-state index contributed by atoms with van der Waals surface area (Å²) in [6.45, 7) is 0.394. The fourth-order valence-electron chi connectivity index (χ4n) is 3.21. The van der Waals surface area contributed by atoms with Gasteiger partial charge < -0.3 is 10.3 Å². The van der Waals surface area contributed by atoms with Crippen LogP contribution in [-0.2, 0) is 6.54 Å². The van der Waals surface area contributed by atoms with Crippen LogP contribution in [0.15, 0.2) is 61.3 Å². The molecule has 0 atom stereocenters. The SMILES string of the molecule is O=C(NCc1cccnc1)c1n[nH]c2cc(-c3ncnc4[nH]ccc34)ccc12. The van der Waals surface area contributed by atoms with Crippen molar-refractivity contribution in [1.82, 2.24) is 35.5 Å². The van der Waals surface area contributed by atoms with Gasteiger partial charge in [-0.3, -0.25) is 14.9 Å². The Bertz CT molecular complexity index is 1290. The molecule has 5 rings (SSSR count). The maximum atomic E-state index is 12.5. The number of aromatic amines is 2. The van der Waals surface area contributed by atoms with Gasteiger partial charge in [0.25, 0.3) is 5.91 Å². The third-order valence-corrected chi connectivity index (χ3v) is 4.58. The second-order valence-electron chi connectivity index (χ2n) is 6.34. The molecule has 0 radical (unpaired) electrons. The van der Waals surface area contributed by atoms with Gasteiger partial charge in [-0.25, -0.2) is 9.97 Å². The molecule has 1 amide bonds. The van der Waals surface area contributed by atoms with E-state index >= 15 is 0 Å². The zero-order chi connectivity index (χ0) is 18.9. The van der Waals surface area contributed by atoms with Crippen LogP contribution in [0.4, 0.5) is 0 Å². The normalized spacial score (nSPS) is 11.1. The monoisotopic (exact) mass is 369 g/mol. The van der Waals surface area contributed by atoms with E-state index in [1.54, 1.807) is 12.4 Å². The van der Waals surface area contributed by atoms with E-state index in [2.05, 4.69) is 35.5 Å².